The molecule has 0 N–H and O–H groups in total. The fourth-order valence-electron chi connectivity index (χ4n) is 7.41. The molecule has 0 radical (unpaired) electrons. The molecule has 1 amide bonds. The third-order valence-corrected chi connectivity index (χ3v) is 8.59. The monoisotopic (exact) mass is 376 g/mol. The van der Waals surface area contributed by atoms with Crippen LogP contribution in [0.15, 0.2) is 48.1 Å². The Balaban J connectivity index is 1.25. The maximum atomic E-state index is 13.2. The molecule has 7 rings (SSSR count). The molecule has 1 heterocycles. The first kappa shape index (κ1) is 17.3. The maximum absolute atomic E-state index is 13.2. The molecule has 0 spiro atoms. The van der Waals surface area contributed by atoms with Gasteiger partial charge in [-0.1, -0.05) is 42.5 Å². The second-order valence-corrected chi connectivity index (χ2v) is 10.7. The van der Waals surface area contributed by atoms with Gasteiger partial charge in [-0.2, -0.15) is 5.01 Å². The fourth-order valence-corrected chi connectivity index (χ4v) is 7.41. The first-order valence-corrected chi connectivity index (χ1v) is 11.4. The third kappa shape index (κ3) is 2.41. The van der Waals surface area contributed by atoms with Crippen molar-refractivity contribution in [1.82, 2.24) is 10.0 Å². The highest BCUT2D eigenvalue weighted by molar-refractivity contribution is 5.90. The van der Waals surface area contributed by atoms with Crippen molar-refractivity contribution in [2.24, 2.45) is 35.5 Å². The summed E-state index contributed by atoms with van der Waals surface area (Å²) >= 11 is 0. The van der Waals surface area contributed by atoms with Crippen LogP contribution in [0.5, 0.6) is 0 Å². The van der Waals surface area contributed by atoms with Crippen LogP contribution in [0.3, 0.4) is 0 Å². The van der Waals surface area contributed by atoms with Gasteiger partial charge in [0.05, 0.1) is 6.04 Å². The van der Waals surface area contributed by atoms with Gasteiger partial charge in [-0.3, -0.25) is 9.80 Å². The van der Waals surface area contributed by atoms with Gasteiger partial charge in [0.25, 0.3) is 5.91 Å². The largest absolute Gasteiger partial charge is 0.271 e. The van der Waals surface area contributed by atoms with E-state index in [4.69, 9.17) is 0 Å². The molecule has 2 atom stereocenters. The number of nitrogens with zero attached hydrogens (tertiary/aromatic N) is 2. The Kier molecular flexibility index (Phi) is 3.67. The minimum absolute atomic E-state index is 0.351. The number of allylic oxidation sites excluding steroid dienone is 6. The zero-order valence-corrected chi connectivity index (χ0v) is 17.1. The minimum Gasteiger partial charge on any atom is -0.271 e. The molecule has 0 aromatic carbocycles. The lowest BCUT2D eigenvalue weighted by molar-refractivity contribution is -0.245. The second-order valence-electron chi connectivity index (χ2n) is 10.7. The van der Waals surface area contributed by atoms with Crippen LogP contribution >= 0.6 is 0 Å². The molecule has 6 aliphatic carbocycles. The average Bonchev–Trinajstić information content (AvgIpc) is 2.68. The van der Waals surface area contributed by atoms with E-state index in [9.17, 15) is 4.79 Å². The zero-order valence-electron chi connectivity index (χ0n) is 17.1. The van der Waals surface area contributed by atoms with E-state index in [1.807, 2.05) is 0 Å². The minimum atomic E-state index is -0.373. The van der Waals surface area contributed by atoms with E-state index in [2.05, 4.69) is 66.4 Å². The van der Waals surface area contributed by atoms with E-state index in [-0.39, 0.29) is 5.54 Å². The van der Waals surface area contributed by atoms with Gasteiger partial charge in [-0.05, 0) is 75.2 Å². The van der Waals surface area contributed by atoms with Crippen molar-refractivity contribution in [2.75, 3.05) is 6.54 Å². The molecular formula is C25H32N2O. The molecule has 5 fully saturated rings. The number of carbonyl (C=O) groups is 1. The SMILES string of the molecule is CC1(C)C(=O)N(C2C3CC4CC(C3)CC2C4)N1CC1=CC2C=CC=CC2C=C1. The smallest absolute Gasteiger partial charge is 0.258 e. The molecule has 1 aliphatic heterocycles. The molecule has 2 unspecified atom stereocenters. The van der Waals surface area contributed by atoms with Crippen molar-refractivity contribution in [3.8, 4) is 0 Å². The summed E-state index contributed by atoms with van der Waals surface area (Å²) in [4.78, 5) is 13.2. The van der Waals surface area contributed by atoms with Gasteiger partial charge in [0.15, 0.2) is 0 Å². The van der Waals surface area contributed by atoms with E-state index < -0.39 is 0 Å². The van der Waals surface area contributed by atoms with Crippen molar-refractivity contribution >= 4 is 5.91 Å². The van der Waals surface area contributed by atoms with Crippen LogP contribution in [0.1, 0.15) is 46.0 Å². The number of rotatable bonds is 3. The van der Waals surface area contributed by atoms with E-state index in [0.717, 1.165) is 30.2 Å². The Morgan fingerprint density at radius 3 is 2.25 bits per heavy atom. The van der Waals surface area contributed by atoms with Gasteiger partial charge in [-0.15, -0.1) is 0 Å². The second kappa shape index (κ2) is 5.95. The summed E-state index contributed by atoms with van der Waals surface area (Å²) in [6, 6.07) is 0.465. The van der Waals surface area contributed by atoms with Crippen molar-refractivity contribution in [3.63, 3.8) is 0 Å². The van der Waals surface area contributed by atoms with Crippen LogP contribution in [0.2, 0.25) is 0 Å². The lowest BCUT2D eigenvalue weighted by atomic mass is 9.53. The predicted octanol–water partition coefficient (Wildman–Crippen LogP) is 4.50. The zero-order chi connectivity index (χ0) is 19.0. The summed E-state index contributed by atoms with van der Waals surface area (Å²) < 4.78 is 0. The Morgan fingerprint density at radius 1 is 0.929 bits per heavy atom. The molecule has 28 heavy (non-hydrogen) atoms. The highest BCUT2D eigenvalue weighted by Crippen LogP contribution is 2.57. The van der Waals surface area contributed by atoms with E-state index in [1.165, 1.54) is 37.7 Å². The van der Waals surface area contributed by atoms with E-state index in [0.29, 0.717) is 23.8 Å². The number of carbonyl (C=O) groups excluding carboxylic acids is 1. The molecule has 4 saturated carbocycles. The van der Waals surface area contributed by atoms with E-state index in [1.54, 1.807) is 0 Å². The van der Waals surface area contributed by atoms with Gasteiger partial charge in [0.1, 0.15) is 5.54 Å². The highest BCUT2D eigenvalue weighted by atomic mass is 16.2. The normalized spacial score (nSPS) is 45.2. The van der Waals surface area contributed by atoms with Crippen molar-refractivity contribution in [2.45, 2.75) is 57.5 Å². The lowest BCUT2D eigenvalue weighted by Crippen LogP contribution is -2.79. The topological polar surface area (TPSA) is 23.6 Å². The molecule has 148 valence electrons. The number of hydrazine groups is 1. The molecule has 1 saturated heterocycles. The standard InChI is InChI=1S/C25H32N2O/c1-25(2)24(28)27(23-21-11-17-9-18(13-21)14-22(23)12-17)26(25)15-16-7-8-19-5-3-4-6-20(19)10-16/h3-8,10,17-23H,9,11-15H2,1-2H3. The van der Waals surface area contributed by atoms with Crippen molar-refractivity contribution < 1.29 is 4.79 Å². The first-order chi connectivity index (χ1) is 13.5. The summed E-state index contributed by atoms with van der Waals surface area (Å²) in [5.74, 6) is 4.70. The molecule has 0 aromatic heterocycles. The maximum Gasteiger partial charge on any atom is 0.258 e. The van der Waals surface area contributed by atoms with Gasteiger partial charge < -0.3 is 0 Å². The summed E-state index contributed by atoms with van der Waals surface area (Å²) in [7, 11) is 0. The number of hydrogen-bond donors (Lipinski definition) is 0. The molecule has 3 heteroatoms. The van der Waals surface area contributed by atoms with Crippen LogP contribution in [-0.4, -0.2) is 34.1 Å². The first-order valence-electron chi connectivity index (χ1n) is 11.4. The number of fused-ring (bicyclic) bond motifs is 1. The fraction of sp³-hybridized carbons (Fsp3) is 0.640. The predicted molar refractivity (Wildman–Crippen MR) is 111 cm³/mol. The Hall–Kier alpha value is -1.61. The van der Waals surface area contributed by atoms with Gasteiger partial charge in [0, 0.05) is 18.4 Å². The van der Waals surface area contributed by atoms with Crippen LogP contribution in [-0.2, 0) is 4.79 Å². The van der Waals surface area contributed by atoms with Gasteiger partial charge in [0.2, 0.25) is 0 Å². The van der Waals surface area contributed by atoms with Crippen molar-refractivity contribution in [3.05, 3.63) is 48.1 Å². The average molecular weight is 377 g/mol. The number of hydrogen-bond acceptors (Lipinski definition) is 2. The molecular weight excluding hydrogens is 344 g/mol. The third-order valence-electron chi connectivity index (χ3n) is 8.59. The molecule has 4 bridgehead atoms. The Labute approximate surface area is 168 Å². The number of amides is 1. The highest BCUT2D eigenvalue weighted by Gasteiger charge is 2.60. The van der Waals surface area contributed by atoms with Crippen LogP contribution in [0.25, 0.3) is 0 Å². The molecule has 3 nitrogen and oxygen atoms in total. The summed E-state index contributed by atoms with van der Waals surface area (Å²) in [5, 5.41) is 4.63. The Bertz CT molecular complexity index is 788. The lowest BCUT2D eigenvalue weighted by Gasteiger charge is -2.65. The van der Waals surface area contributed by atoms with Crippen LogP contribution in [0.4, 0.5) is 0 Å². The quantitative estimate of drug-likeness (QED) is 0.724. The summed E-state index contributed by atoms with van der Waals surface area (Å²) in [5.41, 5.74) is 0.985. The van der Waals surface area contributed by atoms with Crippen molar-refractivity contribution in [1.29, 1.82) is 0 Å². The Morgan fingerprint density at radius 2 is 1.57 bits per heavy atom. The van der Waals surface area contributed by atoms with Gasteiger partial charge >= 0.3 is 0 Å². The summed E-state index contributed by atoms with van der Waals surface area (Å²) in [6.07, 6.45) is 22.8. The van der Waals surface area contributed by atoms with Gasteiger partial charge in [-0.25, -0.2) is 0 Å². The van der Waals surface area contributed by atoms with E-state index >= 15 is 0 Å². The van der Waals surface area contributed by atoms with Crippen LogP contribution in [0, 0.1) is 35.5 Å². The van der Waals surface area contributed by atoms with Crippen LogP contribution < -0.4 is 0 Å². The summed E-state index contributed by atoms with van der Waals surface area (Å²) in [6.45, 7) is 5.08. The molecule has 0 aromatic rings. The molecule has 7 aliphatic rings.